The number of nitrogens with zero attached hydrogens (tertiary/aromatic N) is 1. The van der Waals surface area contributed by atoms with E-state index in [0.29, 0.717) is 13.1 Å². The molecule has 114 valence electrons. The smallest absolute Gasteiger partial charge is 0.254 e. The van der Waals surface area contributed by atoms with Gasteiger partial charge in [-0.1, -0.05) is 0 Å². The summed E-state index contributed by atoms with van der Waals surface area (Å²) in [7, 11) is 0. The Balaban J connectivity index is 1.77. The van der Waals surface area contributed by atoms with E-state index in [1.165, 1.54) is 0 Å². The summed E-state index contributed by atoms with van der Waals surface area (Å²) in [5, 5.41) is 3.33. The van der Waals surface area contributed by atoms with Crippen molar-refractivity contribution < 1.29 is 18.0 Å². The summed E-state index contributed by atoms with van der Waals surface area (Å²) in [6.07, 6.45) is 3.01. The van der Waals surface area contributed by atoms with E-state index in [-0.39, 0.29) is 11.0 Å². The molecule has 2 aliphatic rings. The fourth-order valence-electron chi connectivity index (χ4n) is 3.35. The molecule has 0 saturated carbocycles. The maximum atomic E-state index is 13.2. The molecule has 2 fully saturated rings. The lowest BCUT2D eigenvalue weighted by molar-refractivity contribution is 0.0763. The number of benzene rings is 1. The molecule has 1 spiro atoms. The highest BCUT2D eigenvalue weighted by Gasteiger charge is 2.40. The average molecular weight is 298 g/mol. The number of rotatable bonds is 1. The first-order valence-electron chi connectivity index (χ1n) is 7.15. The maximum absolute atomic E-state index is 13.2. The zero-order chi connectivity index (χ0) is 15.0. The van der Waals surface area contributed by atoms with E-state index < -0.39 is 23.4 Å². The van der Waals surface area contributed by atoms with Gasteiger partial charge < -0.3 is 10.2 Å². The van der Waals surface area contributed by atoms with Crippen LogP contribution in [-0.2, 0) is 0 Å². The van der Waals surface area contributed by atoms with E-state index >= 15 is 0 Å². The standard InChI is InChI=1S/C15H17F3N2O/c16-11-6-10(7-12(17)13(11)18)14(21)20-5-3-15(9-20)2-1-4-19-8-15/h6-7,19H,1-5,8-9H2/t15-/m0/s1. The topological polar surface area (TPSA) is 32.3 Å². The fraction of sp³-hybridized carbons (Fsp3) is 0.533. The van der Waals surface area contributed by atoms with E-state index in [2.05, 4.69) is 5.32 Å². The molecule has 2 saturated heterocycles. The molecule has 0 bridgehead atoms. The first kappa shape index (κ1) is 14.4. The predicted octanol–water partition coefficient (Wildman–Crippen LogP) is 2.32. The Labute approximate surface area is 121 Å². The molecule has 3 rings (SSSR count). The number of carbonyl (C=O) groups is 1. The van der Waals surface area contributed by atoms with Crippen LogP contribution in [0.15, 0.2) is 12.1 Å². The van der Waals surface area contributed by atoms with Gasteiger partial charge in [0.2, 0.25) is 0 Å². The van der Waals surface area contributed by atoms with Crippen molar-refractivity contribution in [1.29, 1.82) is 0 Å². The SMILES string of the molecule is O=C(c1cc(F)c(F)c(F)c1)N1CC[C@]2(CCCNC2)C1. The Morgan fingerprint density at radius 3 is 2.52 bits per heavy atom. The molecule has 0 radical (unpaired) electrons. The summed E-state index contributed by atoms with van der Waals surface area (Å²) in [5.41, 5.74) is -0.0578. The second-order valence-electron chi connectivity index (χ2n) is 6.01. The Bertz CT molecular complexity index is 547. The van der Waals surface area contributed by atoms with Crippen molar-refractivity contribution in [2.75, 3.05) is 26.2 Å². The van der Waals surface area contributed by atoms with Gasteiger partial charge in [0.1, 0.15) is 0 Å². The van der Waals surface area contributed by atoms with Gasteiger partial charge in [-0.3, -0.25) is 4.79 Å². The van der Waals surface area contributed by atoms with E-state index in [9.17, 15) is 18.0 Å². The normalized spacial score (nSPS) is 25.6. The predicted molar refractivity (Wildman–Crippen MR) is 71.4 cm³/mol. The van der Waals surface area contributed by atoms with Crippen LogP contribution in [0.1, 0.15) is 29.6 Å². The summed E-state index contributed by atoms with van der Waals surface area (Å²) in [6.45, 7) is 3.01. The second-order valence-corrected chi connectivity index (χ2v) is 6.01. The highest BCUT2D eigenvalue weighted by atomic mass is 19.2. The van der Waals surface area contributed by atoms with Crippen LogP contribution in [0.25, 0.3) is 0 Å². The fourth-order valence-corrected chi connectivity index (χ4v) is 3.35. The molecule has 1 aromatic carbocycles. The Morgan fingerprint density at radius 2 is 1.90 bits per heavy atom. The van der Waals surface area contributed by atoms with Gasteiger partial charge in [0.05, 0.1) is 0 Å². The molecular formula is C15H17F3N2O. The van der Waals surface area contributed by atoms with Gasteiger partial charge in [-0.05, 0) is 37.9 Å². The number of nitrogens with one attached hydrogen (secondary N) is 1. The Morgan fingerprint density at radius 1 is 1.19 bits per heavy atom. The molecule has 3 nitrogen and oxygen atoms in total. The lowest BCUT2D eigenvalue weighted by Gasteiger charge is -2.33. The third-order valence-corrected chi connectivity index (χ3v) is 4.52. The average Bonchev–Trinajstić information content (AvgIpc) is 2.88. The third-order valence-electron chi connectivity index (χ3n) is 4.52. The van der Waals surface area contributed by atoms with Crippen molar-refractivity contribution in [1.82, 2.24) is 10.2 Å². The highest BCUT2D eigenvalue weighted by molar-refractivity contribution is 5.94. The first-order valence-corrected chi connectivity index (χ1v) is 7.15. The number of carbonyl (C=O) groups excluding carboxylic acids is 1. The molecule has 1 atom stereocenters. The Hall–Kier alpha value is -1.56. The summed E-state index contributed by atoms with van der Waals surface area (Å²) < 4.78 is 39.4. The minimum absolute atomic E-state index is 0.0744. The number of hydrogen-bond donors (Lipinski definition) is 1. The molecule has 2 heterocycles. The van der Waals surface area contributed by atoms with E-state index in [1.54, 1.807) is 4.90 Å². The van der Waals surface area contributed by atoms with E-state index in [4.69, 9.17) is 0 Å². The van der Waals surface area contributed by atoms with Crippen LogP contribution in [0, 0.1) is 22.9 Å². The van der Waals surface area contributed by atoms with Gasteiger partial charge in [0.25, 0.3) is 5.91 Å². The maximum Gasteiger partial charge on any atom is 0.254 e. The zero-order valence-corrected chi connectivity index (χ0v) is 11.6. The molecule has 0 unspecified atom stereocenters. The van der Waals surface area contributed by atoms with Crippen LogP contribution in [0.4, 0.5) is 13.2 Å². The number of amides is 1. The molecule has 1 amide bonds. The Kier molecular flexibility index (Phi) is 3.65. The van der Waals surface area contributed by atoms with Crippen molar-refractivity contribution in [3.05, 3.63) is 35.1 Å². The highest BCUT2D eigenvalue weighted by Crippen LogP contribution is 2.37. The van der Waals surface area contributed by atoms with Crippen LogP contribution in [0.2, 0.25) is 0 Å². The van der Waals surface area contributed by atoms with E-state index in [1.807, 2.05) is 0 Å². The largest absolute Gasteiger partial charge is 0.338 e. The van der Waals surface area contributed by atoms with Crippen LogP contribution >= 0.6 is 0 Å². The van der Waals surface area contributed by atoms with Crippen LogP contribution in [0.5, 0.6) is 0 Å². The van der Waals surface area contributed by atoms with Crippen LogP contribution in [0.3, 0.4) is 0 Å². The molecule has 1 aromatic rings. The number of piperidine rings is 1. The quantitative estimate of drug-likeness (QED) is 0.807. The molecule has 2 aliphatic heterocycles. The lowest BCUT2D eigenvalue weighted by atomic mass is 9.80. The van der Waals surface area contributed by atoms with Gasteiger partial charge in [0, 0.05) is 30.6 Å². The summed E-state index contributed by atoms with van der Waals surface area (Å²) in [6, 6.07) is 1.54. The second kappa shape index (κ2) is 5.33. The molecule has 0 aromatic heterocycles. The van der Waals surface area contributed by atoms with Crippen molar-refractivity contribution in [3.63, 3.8) is 0 Å². The van der Waals surface area contributed by atoms with Crippen molar-refractivity contribution in [3.8, 4) is 0 Å². The first-order chi connectivity index (χ1) is 10.0. The molecule has 1 N–H and O–H groups in total. The van der Waals surface area contributed by atoms with Gasteiger partial charge in [-0.25, -0.2) is 13.2 Å². The van der Waals surface area contributed by atoms with Crippen LogP contribution in [-0.4, -0.2) is 37.0 Å². The van der Waals surface area contributed by atoms with Gasteiger partial charge in [0.15, 0.2) is 17.5 Å². The van der Waals surface area contributed by atoms with Gasteiger partial charge in [-0.15, -0.1) is 0 Å². The zero-order valence-electron chi connectivity index (χ0n) is 11.6. The van der Waals surface area contributed by atoms with Crippen molar-refractivity contribution >= 4 is 5.91 Å². The van der Waals surface area contributed by atoms with Crippen LogP contribution < -0.4 is 5.32 Å². The monoisotopic (exact) mass is 298 g/mol. The molecule has 21 heavy (non-hydrogen) atoms. The lowest BCUT2D eigenvalue weighted by Crippen LogP contribution is -2.42. The summed E-state index contributed by atoms with van der Waals surface area (Å²) in [4.78, 5) is 13.9. The van der Waals surface area contributed by atoms with Crippen molar-refractivity contribution in [2.24, 2.45) is 5.41 Å². The molecule has 0 aliphatic carbocycles. The molecular weight excluding hydrogens is 281 g/mol. The van der Waals surface area contributed by atoms with E-state index in [0.717, 1.165) is 44.5 Å². The summed E-state index contributed by atoms with van der Waals surface area (Å²) in [5.74, 6) is -4.63. The van der Waals surface area contributed by atoms with Crippen molar-refractivity contribution in [2.45, 2.75) is 19.3 Å². The number of likely N-dealkylation sites (tertiary alicyclic amines) is 1. The molecule has 6 heteroatoms. The minimum Gasteiger partial charge on any atom is -0.338 e. The summed E-state index contributed by atoms with van der Waals surface area (Å²) >= 11 is 0. The number of hydrogen-bond acceptors (Lipinski definition) is 2. The minimum atomic E-state index is -1.54. The third kappa shape index (κ3) is 2.64. The van der Waals surface area contributed by atoms with Gasteiger partial charge in [-0.2, -0.15) is 0 Å². The van der Waals surface area contributed by atoms with Gasteiger partial charge >= 0.3 is 0 Å². The number of halogens is 3.